The van der Waals surface area contributed by atoms with Gasteiger partial charge in [-0.1, -0.05) is 36.9 Å². The third kappa shape index (κ3) is 6.00. The van der Waals surface area contributed by atoms with Gasteiger partial charge in [0.25, 0.3) is 0 Å². The Morgan fingerprint density at radius 3 is 2.63 bits per heavy atom. The normalized spacial score (nSPS) is 19.7. The zero-order chi connectivity index (χ0) is 26.9. The van der Waals surface area contributed by atoms with Crippen molar-refractivity contribution in [2.45, 2.75) is 56.8 Å². The van der Waals surface area contributed by atoms with Crippen molar-refractivity contribution in [2.75, 3.05) is 7.11 Å². The van der Waals surface area contributed by atoms with Crippen LogP contribution in [0.2, 0.25) is 12.6 Å². The molecule has 1 aromatic carbocycles. The molecule has 11 heteroatoms. The highest BCUT2D eigenvalue weighted by Gasteiger charge is 2.39. The van der Waals surface area contributed by atoms with Gasteiger partial charge in [0.05, 0.1) is 25.8 Å². The molecule has 0 amide bonds. The summed E-state index contributed by atoms with van der Waals surface area (Å²) in [6.45, 7) is 2.63. The van der Waals surface area contributed by atoms with E-state index in [1.165, 1.54) is 6.33 Å². The van der Waals surface area contributed by atoms with Crippen LogP contribution in [-0.4, -0.2) is 52.2 Å². The molecule has 1 aliphatic carbocycles. The van der Waals surface area contributed by atoms with Gasteiger partial charge in [0.1, 0.15) is 16.9 Å². The van der Waals surface area contributed by atoms with E-state index in [0.29, 0.717) is 28.9 Å². The predicted octanol–water partition coefficient (Wildman–Crippen LogP) is 4.88. The number of pyridine rings is 1. The van der Waals surface area contributed by atoms with Crippen molar-refractivity contribution in [2.24, 2.45) is 0 Å². The highest BCUT2D eigenvalue weighted by Crippen LogP contribution is 2.35. The van der Waals surface area contributed by atoms with Crippen LogP contribution in [0.3, 0.4) is 0 Å². The lowest BCUT2D eigenvalue weighted by Gasteiger charge is -2.18. The van der Waals surface area contributed by atoms with Crippen molar-refractivity contribution in [1.82, 2.24) is 20.3 Å². The lowest BCUT2D eigenvalue weighted by molar-refractivity contribution is -0.126. The van der Waals surface area contributed by atoms with Crippen LogP contribution in [0.5, 0.6) is 5.75 Å². The summed E-state index contributed by atoms with van der Waals surface area (Å²) in [6, 6.07) is 11.6. The summed E-state index contributed by atoms with van der Waals surface area (Å²) >= 11 is 1.06. The molecule has 3 atom stereocenters. The zero-order valence-corrected chi connectivity index (χ0v) is 21.9. The Bertz CT molecular complexity index is 1400. The first-order valence-electron chi connectivity index (χ1n) is 12.5. The van der Waals surface area contributed by atoms with Gasteiger partial charge in [-0.25, -0.2) is 4.98 Å². The monoisotopic (exact) mass is 540 g/mol. The maximum atomic E-state index is 12.9. The van der Waals surface area contributed by atoms with Gasteiger partial charge in [-0.2, -0.15) is 13.2 Å². The molecule has 0 saturated heterocycles. The van der Waals surface area contributed by atoms with Crippen molar-refractivity contribution in [3.05, 3.63) is 65.6 Å². The number of thiophene rings is 1. The summed E-state index contributed by atoms with van der Waals surface area (Å²) in [5.41, 5.74) is 3.86. The molecule has 3 unspecified atom stereocenters. The molecule has 1 saturated carbocycles. The number of benzene rings is 1. The molecule has 1 fully saturated rings. The second-order valence-corrected chi connectivity index (χ2v) is 11.0. The van der Waals surface area contributed by atoms with Crippen LogP contribution in [0.15, 0.2) is 55.1 Å². The molecule has 0 spiro atoms. The fourth-order valence-electron chi connectivity index (χ4n) is 5.23. The standard InChI is InChI=1S/C27H28BF3N4O2S/c1-28(25-22-10-21(11-27(29,30)31)38-26(22)35-15-34-25)19-8-23(24(36)9-19)33-12-16-3-5-17(6-4-16)18-7-20(37-2)14-32-13-18/h3-7,10,13-15,19,23-24,33,36H,8-9,11-12H2,1-2H3. The zero-order valence-electron chi connectivity index (χ0n) is 21.1. The number of halogens is 3. The topological polar surface area (TPSA) is 80.2 Å². The van der Waals surface area contributed by atoms with Crippen LogP contribution in [0.4, 0.5) is 13.2 Å². The Morgan fingerprint density at radius 2 is 1.89 bits per heavy atom. The summed E-state index contributed by atoms with van der Waals surface area (Å²) in [6.07, 6.45) is 0.507. The van der Waals surface area contributed by atoms with E-state index in [2.05, 4.69) is 32.4 Å². The summed E-state index contributed by atoms with van der Waals surface area (Å²) in [7, 11) is 1.61. The van der Waals surface area contributed by atoms with Gasteiger partial charge in [0.2, 0.25) is 6.71 Å². The molecule has 198 valence electrons. The summed E-state index contributed by atoms with van der Waals surface area (Å²) < 4.78 is 44.0. The largest absolute Gasteiger partial charge is 0.495 e. The number of aliphatic hydroxyl groups is 1. The third-order valence-corrected chi connectivity index (χ3v) is 8.34. The van der Waals surface area contributed by atoms with E-state index in [-0.39, 0.29) is 23.4 Å². The Balaban J connectivity index is 1.22. The smallest absolute Gasteiger partial charge is 0.393 e. The first-order chi connectivity index (χ1) is 18.2. The number of aliphatic hydroxyl groups excluding tert-OH is 1. The number of nitrogens with one attached hydrogen (secondary N) is 1. The second-order valence-electron chi connectivity index (χ2n) is 9.87. The number of ether oxygens (including phenoxy) is 1. The SMILES string of the molecule is COc1cncc(-c2ccc(CNC3CC(B(C)c4ncnc5sc(CC(F)(F)F)cc45)CC3O)cc2)c1. The van der Waals surface area contributed by atoms with Crippen LogP contribution in [0.1, 0.15) is 23.3 Å². The minimum absolute atomic E-state index is 0.0222. The molecule has 38 heavy (non-hydrogen) atoms. The van der Waals surface area contributed by atoms with Crippen molar-refractivity contribution >= 4 is 33.9 Å². The molecule has 5 rings (SSSR count). The minimum Gasteiger partial charge on any atom is -0.495 e. The van der Waals surface area contributed by atoms with E-state index in [0.717, 1.165) is 40.0 Å². The Morgan fingerprint density at radius 1 is 1.11 bits per heavy atom. The quantitative estimate of drug-likeness (QED) is 0.310. The number of nitrogens with zero attached hydrogens (tertiary/aromatic N) is 3. The first-order valence-corrected chi connectivity index (χ1v) is 13.3. The van der Waals surface area contributed by atoms with Gasteiger partial charge in [-0.05, 0) is 36.1 Å². The predicted molar refractivity (Wildman–Crippen MR) is 144 cm³/mol. The lowest BCUT2D eigenvalue weighted by atomic mass is 9.39. The van der Waals surface area contributed by atoms with E-state index in [1.807, 2.05) is 25.0 Å². The molecule has 0 aliphatic heterocycles. The van der Waals surface area contributed by atoms with Crippen molar-refractivity contribution in [3.63, 3.8) is 0 Å². The minimum atomic E-state index is -4.26. The molecule has 3 heterocycles. The number of methoxy groups -OCH3 is 1. The van der Waals surface area contributed by atoms with Gasteiger partial charge in [-0.15, -0.1) is 11.3 Å². The number of aromatic nitrogens is 3. The van der Waals surface area contributed by atoms with Crippen molar-refractivity contribution in [1.29, 1.82) is 0 Å². The fraction of sp³-hybridized carbons (Fsp3) is 0.370. The van der Waals surface area contributed by atoms with E-state index in [9.17, 15) is 18.3 Å². The van der Waals surface area contributed by atoms with Crippen LogP contribution < -0.4 is 15.6 Å². The summed E-state index contributed by atoms with van der Waals surface area (Å²) in [4.78, 5) is 13.7. The molecular formula is C27H28BF3N4O2S. The molecule has 1 aliphatic rings. The summed E-state index contributed by atoms with van der Waals surface area (Å²) in [5, 5.41) is 15.0. The molecule has 0 bridgehead atoms. The van der Waals surface area contributed by atoms with E-state index in [1.54, 1.807) is 25.6 Å². The Kier molecular flexibility index (Phi) is 7.69. The third-order valence-electron chi connectivity index (χ3n) is 7.29. The summed E-state index contributed by atoms with van der Waals surface area (Å²) in [5.74, 6) is 0.852. The molecule has 3 aromatic heterocycles. The number of alkyl halides is 3. The van der Waals surface area contributed by atoms with Crippen molar-refractivity contribution < 1.29 is 23.0 Å². The average molecular weight is 540 g/mol. The molecule has 6 nitrogen and oxygen atoms in total. The number of rotatable bonds is 8. The second kappa shape index (κ2) is 11.0. The number of hydrogen-bond acceptors (Lipinski definition) is 7. The highest BCUT2D eigenvalue weighted by molar-refractivity contribution is 7.18. The van der Waals surface area contributed by atoms with Gasteiger partial charge in [-0.3, -0.25) is 9.97 Å². The molecule has 2 N–H and O–H groups in total. The van der Waals surface area contributed by atoms with Crippen molar-refractivity contribution in [3.8, 4) is 16.9 Å². The van der Waals surface area contributed by atoms with Crippen LogP contribution >= 0.6 is 11.3 Å². The van der Waals surface area contributed by atoms with Crippen LogP contribution in [0.25, 0.3) is 21.3 Å². The fourth-order valence-corrected chi connectivity index (χ4v) is 6.26. The highest BCUT2D eigenvalue weighted by atomic mass is 32.1. The maximum absolute atomic E-state index is 12.9. The Labute approximate surface area is 223 Å². The maximum Gasteiger partial charge on any atom is 0.393 e. The molecular weight excluding hydrogens is 512 g/mol. The first kappa shape index (κ1) is 26.6. The van der Waals surface area contributed by atoms with Gasteiger partial charge < -0.3 is 15.2 Å². The Hall–Kier alpha value is -3.02. The van der Waals surface area contributed by atoms with Crippen LogP contribution in [-0.2, 0) is 13.0 Å². The number of hydrogen-bond donors (Lipinski definition) is 2. The number of fused-ring (bicyclic) bond motifs is 1. The van der Waals surface area contributed by atoms with Gasteiger partial charge in [0.15, 0.2) is 0 Å². The van der Waals surface area contributed by atoms with Gasteiger partial charge in [0, 0.05) is 40.2 Å². The average Bonchev–Trinajstić information content (AvgIpc) is 3.48. The van der Waals surface area contributed by atoms with E-state index >= 15 is 0 Å². The van der Waals surface area contributed by atoms with Gasteiger partial charge >= 0.3 is 6.18 Å². The van der Waals surface area contributed by atoms with Crippen LogP contribution in [0, 0.1) is 0 Å². The molecule has 4 aromatic rings. The van der Waals surface area contributed by atoms with E-state index < -0.39 is 18.7 Å². The molecule has 0 radical (unpaired) electrons. The van der Waals surface area contributed by atoms with E-state index in [4.69, 9.17) is 4.74 Å². The lowest BCUT2D eigenvalue weighted by Crippen LogP contribution is -2.36.